The number of amides is 4. The first-order valence-electron chi connectivity index (χ1n) is 18.5. The highest BCUT2D eigenvalue weighted by atomic mass is 79.9. The lowest BCUT2D eigenvalue weighted by Crippen LogP contribution is -2.47. The van der Waals surface area contributed by atoms with Gasteiger partial charge in [-0.15, -0.1) is 0 Å². The third-order valence-electron chi connectivity index (χ3n) is 10.3. The number of nitrogens with one attached hydrogen (secondary N) is 2. The topological polar surface area (TPSA) is 182 Å². The molecule has 4 aromatic rings. The summed E-state index contributed by atoms with van der Waals surface area (Å²) in [5.41, 5.74) is 2.47. The summed E-state index contributed by atoms with van der Waals surface area (Å²) in [6.45, 7) is 8.87. The van der Waals surface area contributed by atoms with Crippen LogP contribution in [0.1, 0.15) is 68.8 Å². The summed E-state index contributed by atoms with van der Waals surface area (Å²) in [5, 5.41) is 10.8. The molecule has 16 heteroatoms. The number of allylic oxidation sites excluding steroid dienone is 1. The average Bonchev–Trinajstić information content (AvgIpc) is 3.55. The van der Waals surface area contributed by atoms with Crippen LogP contribution in [0.25, 0.3) is 22.0 Å². The largest absolute Gasteiger partial charge is 0.373 e. The maximum atomic E-state index is 14.5. The van der Waals surface area contributed by atoms with E-state index in [4.69, 9.17) is 4.74 Å². The van der Waals surface area contributed by atoms with E-state index in [-0.39, 0.29) is 54.9 Å². The van der Waals surface area contributed by atoms with Crippen molar-refractivity contribution < 1.29 is 28.7 Å². The average molecular weight is 829 g/mol. The summed E-state index contributed by atoms with van der Waals surface area (Å²) in [7, 11) is 1.66. The van der Waals surface area contributed by atoms with Crippen LogP contribution in [0.2, 0.25) is 0 Å². The number of hydrogen-bond donors (Lipinski definition) is 2. The number of carbonyl (C=O) groups is 5. The van der Waals surface area contributed by atoms with Crippen molar-refractivity contribution >= 4 is 62.1 Å². The third-order valence-corrected chi connectivity index (χ3v) is 10.7. The lowest BCUT2D eigenvalue weighted by atomic mass is 9.98. The van der Waals surface area contributed by atoms with E-state index in [1.165, 1.54) is 18.5 Å². The van der Waals surface area contributed by atoms with Gasteiger partial charge in [0.25, 0.3) is 0 Å². The Balaban J connectivity index is 1.29. The molecular formula is C40H46BrN9O6. The second-order valence-corrected chi connectivity index (χ2v) is 15.4. The number of likely N-dealkylation sites (tertiary alicyclic amines) is 1. The van der Waals surface area contributed by atoms with Crippen molar-refractivity contribution in [1.82, 2.24) is 39.8 Å². The lowest BCUT2D eigenvalue weighted by molar-refractivity contribution is -0.138. The zero-order valence-corrected chi connectivity index (χ0v) is 33.9. The van der Waals surface area contributed by atoms with Gasteiger partial charge in [0, 0.05) is 67.8 Å². The van der Waals surface area contributed by atoms with Gasteiger partial charge in [-0.2, -0.15) is 5.10 Å². The molecule has 1 saturated carbocycles. The molecule has 2 fully saturated rings. The number of Topliss-reactive ketones (excluding diaryl/α,β-unsaturated/α-hetero) is 1. The van der Waals surface area contributed by atoms with Crippen LogP contribution in [0.15, 0.2) is 59.5 Å². The maximum Gasteiger partial charge on any atom is 0.248 e. The molecule has 0 radical (unpaired) electrons. The molecule has 0 spiro atoms. The van der Waals surface area contributed by atoms with Crippen LogP contribution in [0.4, 0.5) is 5.82 Å². The summed E-state index contributed by atoms with van der Waals surface area (Å²) < 4.78 is 7.83. The number of benzene rings is 1. The first-order valence-corrected chi connectivity index (χ1v) is 19.3. The summed E-state index contributed by atoms with van der Waals surface area (Å²) in [4.78, 5) is 82.8. The molecule has 4 heterocycles. The molecule has 1 aromatic carbocycles. The van der Waals surface area contributed by atoms with Crippen LogP contribution in [0.3, 0.4) is 0 Å². The highest BCUT2D eigenvalue weighted by Gasteiger charge is 2.67. The quantitative estimate of drug-likeness (QED) is 0.0743. The van der Waals surface area contributed by atoms with Gasteiger partial charge in [0.15, 0.2) is 5.78 Å². The zero-order valence-electron chi connectivity index (χ0n) is 32.3. The normalized spacial score (nSPS) is 19.2. The molecule has 0 bridgehead atoms. The Morgan fingerprint density at radius 1 is 1.07 bits per heavy atom. The number of aryl methyl sites for hydroxylation is 1. The Kier molecular flexibility index (Phi) is 12.1. The predicted octanol–water partition coefficient (Wildman–Crippen LogP) is 4.63. The van der Waals surface area contributed by atoms with E-state index in [0.717, 1.165) is 17.5 Å². The van der Waals surface area contributed by atoms with Gasteiger partial charge in [0.05, 0.1) is 18.7 Å². The second-order valence-electron chi connectivity index (χ2n) is 14.6. The monoisotopic (exact) mass is 827 g/mol. The Labute approximate surface area is 333 Å². The van der Waals surface area contributed by atoms with Gasteiger partial charge in [-0.3, -0.25) is 28.7 Å². The van der Waals surface area contributed by atoms with Crippen molar-refractivity contribution in [3.63, 3.8) is 0 Å². The Morgan fingerprint density at radius 3 is 2.52 bits per heavy atom. The first-order chi connectivity index (χ1) is 26.7. The Bertz CT molecular complexity index is 2210. The number of likely N-dealkylation sites (N-methyl/N-ethyl adjacent to an activating group) is 1. The van der Waals surface area contributed by atoms with Crippen molar-refractivity contribution in [2.75, 3.05) is 25.5 Å². The number of ketones is 1. The fourth-order valence-corrected chi connectivity index (χ4v) is 7.85. The minimum absolute atomic E-state index is 0.201. The molecule has 0 unspecified atom stereocenters. The van der Waals surface area contributed by atoms with E-state index >= 15 is 0 Å². The summed E-state index contributed by atoms with van der Waals surface area (Å²) >= 11 is 3.41. The maximum absolute atomic E-state index is 14.5. The number of halogens is 1. The number of anilines is 1. The molecule has 3 aromatic heterocycles. The fraction of sp³-hybridized carbons (Fsp3) is 0.425. The first kappa shape index (κ1) is 40.3. The number of carbonyl (C=O) groups excluding carboxylic acids is 5. The molecule has 15 nitrogen and oxygen atoms in total. The number of pyridine rings is 1. The minimum atomic E-state index is -0.901. The highest BCUT2D eigenvalue weighted by molar-refractivity contribution is 9.10. The number of fused-ring (bicyclic) bond motifs is 2. The van der Waals surface area contributed by atoms with Crippen molar-refractivity contribution in [3.8, 4) is 11.1 Å². The van der Waals surface area contributed by atoms with Crippen LogP contribution in [-0.2, 0) is 37.1 Å². The number of ether oxygens (including phenoxy) is 1. The molecular weight excluding hydrogens is 782 g/mol. The van der Waals surface area contributed by atoms with Gasteiger partial charge in [-0.1, -0.05) is 31.2 Å². The Hall–Kier alpha value is -5.35. The van der Waals surface area contributed by atoms with E-state index in [9.17, 15) is 24.0 Å². The SMILES string of the molecule is CC/C=C/COCc1ccc(Br)nc1NC(=O)[C@@H]1C[C@@]2(CN(C)C(=O)[C@@H](C)NC(C)=O)C[C@H]2N1C(=O)Cn1nc(C(C)=O)c2cc(-c3cnc(C)nc3)ccc21. The molecule has 2 N–H and O–H groups in total. The van der Waals surface area contributed by atoms with Gasteiger partial charge in [0.2, 0.25) is 23.6 Å². The summed E-state index contributed by atoms with van der Waals surface area (Å²) in [6, 6.07) is 7.11. The second kappa shape index (κ2) is 16.8. The minimum Gasteiger partial charge on any atom is -0.373 e. The molecule has 2 aliphatic rings. The Morgan fingerprint density at radius 2 is 1.82 bits per heavy atom. The zero-order chi connectivity index (χ0) is 40.3. The molecule has 4 amide bonds. The van der Waals surface area contributed by atoms with Crippen molar-refractivity contribution in [1.29, 1.82) is 0 Å². The van der Waals surface area contributed by atoms with Crippen LogP contribution in [0, 0.1) is 12.3 Å². The fourth-order valence-electron chi connectivity index (χ4n) is 7.54. The van der Waals surface area contributed by atoms with Crippen LogP contribution >= 0.6 is 15.9 Å². The highest BCUT2D eigenvalue weighted by Crippen LogP contribution is 2.60. The summed E-state index contributed by atoms with van der Waals surface area (Å²) in [5.74, 6) is -0.710. The number of nitrogens with zero attached hydrogens (tertiary/aromatic N) is 7. The number of hydrogen-bond acceptors (Lipinski definition) is 10. The molecule has 1 aliphatic heterocycles. The summed E-state index contributed by atoms with van der Waals surface area (Å²) in [6.07, 6.45) is 9.12. The van der Waals surface area contributed by atoms with Crippen molar-refractivity contribution in [2.24, 2.45) is 5.41 Å². The molecule has 56 heavy (non-hydrogen) atoms. The standard InChI is InChI=1S/C40H46BrN9O6/c1-7-8-9-14-56-21-28-11-13-34(41)45-37(28)46-38(54)32-16-40(22-48(6)39(55)23(2)44-26(5)52)17-33(40)50(32)35(53)20-49-31-12-10-27(29-18-42-25(4)43-19-29)15-30(31)36(47-49)24(3)51/h8-13,15,18-19,23,32-33H,7,14,16-17,20-22H2,1-6H3,(H,44,52)(H,45,46,54)/b9-8+/t23-,32+,33-,40+/m1/s1. The number of rotatable bonds is 15. The van der Waals surface area contributed by atoms with E-state index in [1.54, 1.807) is 49.2 Å². The van der Waals surface area contributed by atoms with E-state index < -0.39 is 23.4 Å². The van der Waals surface area contributed by atoms with E-state index in [2.05, 4.69) is 46.6 Å². The van der Waals surface area contributed by atoms with Gasteiger partial charge >= 0.3 is 0 Å². The molecule has 4 atom stereocenters. The van der Waals surface area contributed by atoms with Gasteiger partial charge in [0.1, 0.15) is 40.6 Å². The number of piperidine rings is 1. The molecule has 1 aliphatic carbocycles. The van der Waals surface area contributed by atoms with Crippen LogP contribution < -0.4 is 10.6 Å². The van der Waals surface area contributed by atoms with E-state index in [1.807, 2.05) is 43.3 Å². The van der Waals surface area contributed by atoms with E-state index in [0.29, 0.717) is 52.2 Å². The van der Waals surface area contributed by atoms with Gasteiger partial charge in [-0.05, 0) is 72.8 Å². The van der Waals surface area contributed by atoms with Crippen LogP contribution in [0.5, 0.6) is 0 Å². The lowest BCUT2D eigenvalue weighted by Gasteiger charge is -2.27. The smallest absolute Gasteiger partial charge is 0.248 e. The molecule has 6 rings (SSSR count). The predicted molar refractivity (Wildman–Crippen MR) is 212 cm³/mol. The molecule has 294 valence electrons. The van der Waals surface area contributed by atoms with Crippen molar-refractivity contribution in [2.45, 2.75) is 85.2 Å². The molecule has 1 saturated heterocycles. The van der Waals surface area contributed by atoms with Gasteiger partial charge in [-0.25, -0.2) is 15.0 Å². The van der Waals surface area contributed by atoms with Crippen molar-refractivity contribution in [3.05, 3.63) is 76.6 Å². The van der Waals surface area contributed by atoms with Gasteiger partial charge < -0.3 is 25.2 Å². The third kappa shape index (κ3) is 8.70. The number of aromatic nitrogens is 5. The van der Waals surface area contributed by atoms with Crippen LogP contribution in [-0.4, -0.2) is 102 Å².